The molecule has 1 aromatic heterocycles. The van der Waals surface area contributed by atoms with Crippen LogP contribution in [0.15, 0.2) is 18.3 Å². The Morgan fingerprint density at radius 1 is 1.71 bits per heavy atom. The number of amides is 1. The molecule has 0 fully saturated rings. The van der Waals surface area contributed by atoms with E-state index in [9.17, 15) is 9.90 Å². The fourth-order valence-electron chi connectivity index (χ4n) is 1.02. The smallest absolute Gasteiger partial charge is 0.134 e. The molecule has 1 rings (SSSR count). The molecule has 1 unspecified atom stereocenters. The van der Waals surface area contributed by atoms with Crippen LogP contribution in [-0.4, -0.2) is 17.6 Å². The molecule has 1 heterocycles. The zero-order valence-corrected chi connectivity index (χ0v) is 8.41. The van der Waals surface area contributed by atoms with Gasteiger partial charge in [-0.1, -0.05) is 18.5 Å². The summed E-state index contributed by atoms with van der Waals surface area (Å²) in [6, 6.07) is 3.49. The number of carbonyl (C=O) groups is 1. The zero-order chi connectivity index (χ0) is 10.6. The van der Waals surface area contributed by atoms with Crippen molar-refractivity contribution in [2.24, 2.45) is 0 Å². The van der Waals surface area contributed by atoms with Crippen molar-refractivity contribution in [3.05, 3.63) is 29.0 Å². The lowest BCUT2D eigenvalue weighted by atomic mass is 10.1. The van der Waals surface area contributed by atoms with Gasteiger partial charge in [0.2, 0.25) is 0 Å². The molecule has 0 saturated heterocycles. The van der Waals surface area contributed by atoms with Gasteiger partial charge >= 0.3 is 0 Å². The molecule has 0 aromatic carbocycles. The molecule has 1 atom stereocenters. The SMILES string of the molecule is CC(CNC(=O)[O-])c1ccc(Cl)cn1. The number of rotatable bonds is 3. The number of halogens is 1. The highest BCUT2D eigenvalue weighted by Gasteiger charge is 2.05. The first-order chi connectivity index (χ1) is 6.59. The summed E-state index contributed by atoms with van der Waals surface area (Å²) in [6.45, 7) is 2.16. The topological polar surface area (TPSA) is 65.0 Å². The van der Waals surface area contributed by atoms with Crippen LogP contribution in [0.2, 0.25) is 5.02 Å². The van der Waals surface area contributed by atoms with Crippen molar-refractivity contribution in [2.75, 3.05) is 6.54 Å². The van der Waals surface area contributed by atoms with Crippen LogP contribution in [-0.2, 0) is 0 Å². The number of aromatic nitrogens is 1. The van der Waals surface area contributed by atoms with Gasteiger partial charge in [0, 0.05) is 24.4 Å². The van der Waals surface area contributed by atoms with E-state index in [-0.39, 0.29) is 12.5 Å². The molecule has 0 saturated carbocycles. The Morgan fingerprint density at radius 2 is 2.43 bits per heavy atom. The molecule has 4 nitrogen and oxygen atoms in total. The molecule has 0 aliphatic rings. The van der Waals surface area contributed by atoms with Crippen LogP contribution in [0, 0.1) is 0 Å². The average molecular weight is 214 g/mol. The van der Waals surface area contributed by atoms with Gasteiger partial charge in [0.25, 0.3) is 0 Å². The Labute approximate surface area is 86.9 Å². The van der Waals surface area contributed by atoms with Gasteiger partial charge in [0.05, 0.1) is 5.02 Å². The minimum absolute atomic E-state index is 0.00478. The van der Waals surface area contributed by atoms with Crippen LogP contribution < -0.4 is 10.4 Å². The van der Waals surface area contributed by atoms with Crippen LogP contribution in [0.3, 0.4) is 0 Å². The van der Waals surface area contributed by atoms with Crippen molar-refractivity contribution < 1.29 is 9.90 Å². The molecule has 0 bridgehead atoms. The highest BCUT2D eigenvalue weighted by Crippen LogP contribution is 2.13. The van der Waals surface area contributed by atoms with E-state index in [1.165, 1.54) is 6.20 Å². The first-order valence-corrected chi connectivity index (χ1v) is 4.53. The Bertz CT molecular complexity index is 313. The maximum Gasteiger partial charge on any atom is 0.134 e. The van der Waals surface area contributed by atoms with Gasteiger partial charge in [0.15, 0.2) is 0 Å². The molecule has 5 heteroatoms. The first kappa shape index (κ1) is 10.8. The van der Waals surface area contributed by atoms with Crippen LogP contribution in [0.5, 0.6) is 0 Å². The minimum Gasteiger partial charge on any atom is -0.530 e. The monoisotopic (exact) mass is 213 g/mol. The molecule has 1 aromatic rings. The summed E-state index contributed by atoms with van der Waals surface area (Å²) in [4.78, 5) is 14.2. The Hall–Kier alpha value is -1.29. The van der Waals surface area contributed by atoms with E-state index < -0.39 is 6.09 Å². The van der Waals surface area contributed by atoms with Crippen LogP contribution in [0.25, 0.3) is 0 Å². The minimum atomic E-state index is -1.27. The van der Waals surface area contributed by atoms with Gasteiger partial charge in [-0.25, -0.2) is 0 Å². The molecule has 14 heavy (non-hydrogen) atoms. The number of nitrogens with one attached hydrogen (secondary N) is 1. The van der Waals surface area contributed by atoms with Crippen molar-refractivity contribution in [1.29, 1.82) is 0 Å². The molecule has 1 amide bonds. The summed E-state index contributed by atoms with van der Waals surface area (Å²) in [6.07, 6.45) is 0.262. The van der Waals surface area contributed by atoms with Crippen molar-refractivity contribution in [3.8, 4) is 0 Å². The summed E-state index contributed by atoms with van der Waals surface area (Å²) in [5, 5.41) is 12.9. The number of hydrogen-bond acceptors (Lipinski definition) is 3. The summed E-state index contributed by atoms with van der Waals surface area (Å²) < 4.78 is 0. The standard InChI is InChI=1S/C9H11ClN2O2/c1-6(4-12-9(13)14)8-3-2-7(10)5-11-8/h2-3,5-6,12H,4H2,1H3,(H,13,14)/p-1. The summed E-state index contributed by atoms with van der Waals surface area (Å²) in [5.41, 5.74) is 0.795. The molecule has 1 N–H and O–H groups in total. The van der Waals surface area contributed by atoms with Gasteiger partial charge < -0.3 is 15.2 Å². The normalized spacial score (nSPS) is 12.1. The van der Waals surface area contributed by atoms with E-state index >= 15 is 0 Å². The van der Waals surface area contributed by atoms with Crippen molar-refractivity contribution in [3.63, 3.8) is 0 Å². The predicted octanol–water partition coefficient (Wildman–Crippen LogP) is 0.771. The van der Waals surface area contributed by atoms with E-state index in [1.807, 2.05) is 6.92 Å². The van der Waals surface area contributed by atoms with Gasteiger partial charge in [0.1, 0.15) is 6.09 Å². The van der Waals surface area contributed by atoms with E-state index in [0.29, 0.717) is 5.02 Å². The largest absolute Gasteiger partial charge is 0.530 e. The lowest BCUT2D eigenvalue weighted by Gasteiger charge is -2.13. The second kappa shape index (κ2) is 4.81. The molecule has 0 spiro atoms. The maximum absolute atomic E-state index is 10.1. The molecule has 76 valence electrons. The first-order valence-electron chi connectivity index (χ1n) is 4.16. The van der Waals surface area contributed by atoms with Gasteiger partial charge in [-0.15, -0.1) is 0 Å². The van der Waals surface area contributed by atoms with Gasteiger partial charge in [-0.3, -0.25) is 4.98 Å². The molecule has 0 aliphatic carbocycles. The third-order valence-corrected chi connectivity index (χ3v) is 2.03. The third-order valence-electron chi connectivity index (χ3n) is 1.81. The second-order valence-electron chi connectivity index (χ2n) is 2.97. The maximum atomic E-state index is 10.1. The van der Waals surface area contributed by atoms with Gasteiger partial charge in [-0.2, -0.15) is 0 Å². The Morgan fingerprint density at radius 3 is 2.93 bits per heavy atom. The lowest BCUT2D eigenvalue weighted by Crippen LogP contribution is -2.38. The van der Waals surface area contributed by atoms with Crippen molar-refractivity contribution in [2.45, 2.75) is 12.8 Å². The zero-order valence-electron chi connectivity index (χ0n) is 7.66. The van der Waals surface area contributed by atoms with E-state index in [4.69, 9.17) is 11.6 Å². The average Bonchev–Trinajstić information content (AvgIpc) is 2.15. The summed E-state index contributed by atoms with van der Waals surface area (Å²) >= 11 is 5.66. The third kappa shape index (κ3) is 3.22. The van der Waals surface area contributed by atoms with Crippen LogP contribution in [0.1, 0.15) is 18.5 Å². The fourth-order valence-corrected chi connectivity index (χ4v) is 1.13. The highest BCUT2D eigenvalue weighted by molar-refractivity contribution is 6.30. The lowest BCUT2D eigenvalue weighted by molar-refractivity contribution is -0.250. The van der Waals surface area contributed by atoms with Gasteiger partial charge in [-0.05, 0) is 12.1 Å². The fraction of sp³-hybridized carbons (Fsp3) is 0.333. The van der Waals surface area contributed by atoms with E-state index in [2.05, 4.69) is 10.3 Å². The van der Waals surface area contributed by atoms with Crippen LogP contribution >= 0.6 is 11.6 Å². The van der Waals surface area contributed by atoms with Crippen LogP contribution in [0.4, 0.5) is 4.79 Å². The number of pyridine rings is 1. The second-order valence-corrected chi connectivity index (χ2v) is 3.41. The number of hydrogen-bond donors (Lipinski definition) is 1. The molecule has 0 radical (unpaired) electrons. The number of nitrogens with zero attached hydrogens (tertiary/aromatic N) is 1. The summed E-state index contributed by atoms with van der Waals surface area (Å²) in [5.74, 6) is 0.00478. The molecule has 0 aliphatic heterocycles. The van der Waals surface area contributed by atoms with Crippen molar-refractivity contribution >= 4 is 17.7 Å². The predicted molar refractivity (Wildman–Crippen MR) is 51.1 cm³/mol. The number of carbonyl (C=O) groups excluding carboxylic acids is 1. The Kier molecular flexibility index (Phi) is 3.71. The highest BCUT2D eigenvalue weighted by atomic mass is 35.5. The van der Waals surface area contributed by atoms with E-state index in [0.717, 1.165) is 5.69 Å². The molecular formula is C9H10ClN2O2-. The van der Waals surface area contributed by atoms with Crippen molar-refractivity contribution in [1.82, 2.24) is 10.3 Å². The van der Waals surface area contributed by atoms with E-state index in [1.54, 1.807) is 12.1 Å². The Balaban J connectivity index is 2.56. The summed E-state index contributed by atoms with van der Waals surface area (Å²) in [7, 11) is 0. The quantitative estimate of drug-likeness (QED) is 0.807. The molecular weight excluding hydrogens is 204 g/mol. The number of carboxylic acid groups (broad SMARTS) is 1.